The van der Waals surface area contributed by atoms with Crippen LogP contribution >= 0.6 is 0 Å². The lowest BCUT2D eigenvalue weighted by Gasteiger charge is -2.43. The van der Waals surface area contributed by atoms with E-state index in [4.69, 9.17) is 0 Å². The van der Waals surface area contributed by atoms with Gasteiger partial charge in [0.05, 0.1) is 17.5 Å². The second kappa shape index (κ2) is 6.08. The first-order chi connectivity index (χ1) is 13.1. The summed E-state index contributed by atoms with van der Waals surface area (Å²) in [4.78, 5) is 32.0. The van der Waals surface area contributed by atoms with Crippen molar-refractivity contribution in [1.82, 2.24) is 4.98 Å². The highest BCUT2D eigenvalue weighted by Gasteiger charge is 2.58. The molecule has 2 fully saturated rings. The van der Waals surface area contributed by atoms with Crippen LogP contribution in [-0.2, 0) is 9.59 Å². The molecule has 4 nitrogen and oxygen atoms in total. The van der Waals surface area contributed by atoms with Gasteiger partial charge in [-0.1, -0.05) is 31.5 Å². The molecule has 0 radical (unpaired) electrons. The SMILES string of the molecule is CCC1CC[C@H]2c3[nH]c(C)cc3[C@H]3C(=O)N(c4ccccc4)C(=O)[C@H]3[C@H]2C1. The summed E-state index contributed by atoms with van der Waals surface area (Å²) in [7, 11) is 0. The predicted octanol–water partition coefficient (Wildman–Crippen LogP) is 4.52. The molecular weight excluding hydrogens is 336 g/mol. The number of imide groups is 1. The number of nitrogens with one attached hydrogen (secondary N) is 1. The van der Waals surface area contributed by atoms with Gasteiger partial charge in [-0.05, 0) is 61.8 Å². The van der Waals surface area contributed by atoms with Crippen LogP contribution in [0.15, 0.2) is 36.4 Å². The van der Waals surface area contributed by atoms with Crippen molar-refractivity contribution in [2.24, 2.45) is 17.8 Å². The average molecular weight is 362 g/mol. The van der Waals surface area contributed by atoms with Gasteiger partial charge in [-0.3, -0.25) is 9.59 Å². The van der Waals surface area contributed by atoms with Crippen LogP contribution in [0.3, 0.4) is 0 Å². The molecule has 1 aliphatic heterocycles. The fourth-order valence-electron chi connectivity index (χ4n) is 5.90. The summed E-state index contributed by atoms with van der Waals surface area (Å²) < 4.78 is 0. The molecule has 0 spiro atoms. The largest absolute Gasteiger partial charge is 0.362 e. The van der Waals surface area contributed by atoms with Gasteiger partial charge in [-0.15, -0.1) is 0 Å². The van der Waals surface area contributed by atoms with E-state index in [1.807, 2.05) is 30.3 Å². The van der Waals surface area contributed by atoms with E-state index >= 15 is 0 Å². The van der Waals surface area contributed by atoms with E-state index in [0.29, 0.717) is 17.5 Å². The Hall–Kier alpha value is -2.36. The van der Waals surface area contributed by atoms with Gasteiger partial charge in [0.15, 0.2) is 0 Å². The molecule has 1 saturated carbocycles. The van der Waals surface area contributed by atoms with Crippen LogP contribution in [0.1, 0.15) is 61.4 Å². The Morgan fingerprint density at radius 3 is 2.63 bits per heavy atom. The number of nitrogens with zero attached hydrogens (tertiary/aromatic N) is 1. The summed E-state index contributed by atoms with van der Waals surface area (Å²) in [5, 5.41) is 0. The van der Waals surface area contributed by atoms with Crippen LogP contribution in [0.25, 0.3) is 0 Å². The smallest absolute Gasteiger partial charge is 0.242 e. The molecule has 2 aromatic rings. The summed E-state index contributed by atoms with van der Waals surface area (Å²) in [5.41, 5.74) is 4.10. The van der Waals surface area contributed by atoms with Crippen LogP contribution in [0.4, 0.5) is 5.69 Å². The van der Waals surface area contributed by atoms with Crippen LogP contribution in [-0.4, -0.2) is 16.8 Å². The average Bonchev–Trinajstić information content (AvgIpc) is 3.19. The fraction of sp³-hybridized carbons (Fsp3) is 0.478. The minimum Gasteiger partial charge on any atom is -0.362 e. The molecule has 2 heterocycles. The Bertz CT molecular complexity index is 900. The zero-order chi connectivity index (χ0) is 18.7. The summed E-state index contributed by atoms with van der Waals surface area (Å²) in [6.07, 6.45) is 4.55. The molecule has 1 N–H and O–H groups in total. The Kier molecular flexibility index (Phi) is 3.78. The topological polar surface area (TPSA) is 53.2 Å². The molecule has 5 rings (SSSR count). The number of H-pyrrole nitrogens is 1. The van der Waals surface area contributed by atoms with E-state index < -0.39 is 0 Å². The van der Waals surface area contributed by atoms with Crippen molar-refractivity contribution >= 4 is 17.5 Å². The van der Waals surface area contributed by atoms with Crippen molar-refractivity contribution in [3.63, 3.8) is 0 Å². The van der Waals surface area contributed by atoms with Crippen LogP contribution in [0, 0.1) is 24.7 Å². The third kappa shape index (κ3) is 2.35. The number of carbonyl (C=O) groups is 2. The second-order valence-corrected chi connectivity index (χ2v) is 8.53. The molecule has 2 amide bonds. The van der Waals surface area contributed by atoms with Crippen LogP contribution < -0.4 is 4.90 Å². The van der Waals surface area contributed by atoms with Crippen molar-refractivity contribution in [2.75, 3.05) is 4.90 Å². The number of carbonyl (C=O) groups excluding carboxylic acids is 2. The van der Waals surface area contributed by atoms with E-state index in [9.17, 15) is 9.59 Å². The maximum Gasteiger partial charge on any atom is 0.242 e. The van der Waals surface area contributed by atoms with E-state index in [-0.39, 0.29) is 29.6 Å². The molecule has 2 aliphatic carbocycles. The molecule has 1 aromatic heterocycles. The van der Waals surface area contributed by atoms with Crippen LogP contribution in [0.5, 0.6) is 0 Å². The van der Waals surface area contributed by atoms with E-state index in [2.05, 4.69) is 24.9 Å². The normalized spacial score (nSPS) is 32.2. The summed E-state index contributed by atoms with van der Waals surface area (Å²) in [5.74, 6) is 0.739. The quantitative estimate of drug-likeness (QED) is 0.799. The number of anilines is 1. The van der Waals surface area contributed by atoms with Gasteiger partial charge >= 0.3 is 0 Å². The van der Waals surface area contributed by atoms with Crippen molar-refractivity contribution in [1.29, 1.82) is 0 Å². The highest BCUT2D eigenvalue weighted by atomic mass is 16.2. The minimum atomic E-state index is -0.325. The third-order valence-corrected chi connectivity index (χ3v) is 7.13. The van der Waals surface area contributed by atoms with Crippen molar-refractivity contribution in [3.8, 4) is 0 Å². The van der Waals surface area contributed by atoms with Crippen molar-refractivity contribution in [3.05, 3.63) is 53.3 Å². The summed E-state index contributed by atoms with van der Waals surface area (Å²) in [6, 6.07) is 11.5. The number of fused-ring (bicyclic) bond motifs is 6. The van der Waals surface area contributed by atoms with Crippen molar-refractivity contribution in [2.45, 2.75) is 51.4 Å². The lowest BCUT2D eigenvalue weighted by atomic mass is 9.59. The van der Waals surface area contributed by atoms with Gasteiger partial charge in [0.1, 0.15) is 0 Å². The fourth-order valence-corrected chi connectivity index (χ4v) is 5.90. The summed E-state index contributed by atoms with van der Waals surface area (Å²) in [6.45, 7) is 4.30. The number of aromatic nitrogens is 1. The molecule has 3 aliphatic rings. The molecule has 5 atom stereocenters. The molecule has 140 valence electrons. The minimum absolute atomic E-state index is 0.00690. The third-order valence-electron chi connectivity index (χ3n) is 7.13. The number of aryl methyl sites for hydroxylation is 1. The lowest BCUT2D eigenvalue weighted by molar-refractivity contribution is -0.123. The number of hydrogen-bond donors (Lipinski definition) is 1. The molecule has 1 unspecified atom stereocenters. The zero-order valence-electron chi connectivity index (χ0n) is 15.9. The molecule has 0 bridgehead atoms. The number of para-hydroxylation sites is 1. The first-order valence-electron chi connectivity index (χ1n) is 10.2. The van der Waals surface area contributed by atoms with Gasteiger partial charge in [-0.25, -0.2) is 4.90 Å². The summed E-state index contributed by atoms with van der Waals surface area (Å²) >= 11 is 0. The number of amides is 2. The Balaban J connectivity index is 1.63. The first-order valence-corrected chi connectivity index (χ1v) is 10.2. The maximum atomic E-state index is 13.5. The standard InChI is InChI=1S/C23H26N2O2/c1-3-14-9-10-16-17(12-14)19-20(18-11-13(2)24-21(16)18)23(27)25(22(19)26)15-7-5-4-6-8-15/h4-8,11,14,16-17,19-20,24H,3,9-10,12H2,1-2H3/t14?,16-,17+,19+,20-/m1/s1. The lowest BCUT2D eigenvalue weighted by Crippen LogP contribution is -2.39. The Labute approximate surface area is 160 Å². The highest BCUT2D eigenvalue weighted by Crippen LogP contribution is 2.57. The maximum absolute atomic E-state index is 13.5. The monoisotopic (exact) mass is 362 g/mol. The van der Waals surface area contributed by atoms with Gasteiger partial charge < -0.3 is 4.98 Å². The first kappa shape index (κ1) is 16.8. The highest BCUT2D eigenvalue weighted by molar-refractivity contribution is 6.24. The van der Waals surface area contributed by atoms with Crippen molar-refractivity contribution < 1.29 is 9.59 Å². The number of benzene rings is 1. The molecule has 1 saturated heterocycles. The van der Waals surface area contributed by atoms with E-state index in [0.717, 1.165) is 30.5 Å². The molecule has 27 heavy (non-hydrogen) atoms. The molecule has 4 heteroatoms. The Morgan fingerprint density at radius 1 is 1.11 bits per heavy atom. The van der Waals surface area contributed by atoms with Gasteiger partial charge in [0, 0.05) is 17.3 Å². The van der Waals surface area contributed by atoms with E-state index in [1.54, 1.807) is 0 Å². The molecule has 1 aromatic carbocycles. The number of aromatic amines is 1. The van der Waals surface area contributed by atoms with Gasteiger partial charge in [0.25, 0.3) is 0 Å². The molecular formula is C23H26N2O2. The Morgan fingerprint density at radius 2 is 1.89 bits per heavy atom. The van der Waals surface area contributed by atoms with E-state index in [1.165, 1.54) is 17.0 Å². The predicted molar refractivity (Wildman–Crippen MR) is 105 cm³/mol. The number of rotatable bonds is 2. The zero-order valence-corrected chi connectivity index (χ0v) is 15.9. The second-order valence-electron chi connectivity index (χ2n) is 8.53. The van der Waals surface area contributed by atoms with Gasteiger partial charge in [0.2, 0.25) is 11.8 Å². The van der Waals surface area contributed by atoms with Crippen LogP contribution in [0.2, 0.25) is 0 Å². The van der Waals surface area contributed by atoms with Gasteiger partial charge in [-0.2, -0.15) is 0 Å². The number of hydrogen-bond acceptors (Lipinski definition) is 2.